The van der Waals surface area contributed by atoms with Crippen LogP contribution in [0.25, 0.3) is 10.7 Å². The van der Waals surface area contributed by atoms with Gasteiger partial charge in [0.25, 0.3) is 0 Å². The van der Waals surface area contributed by atoms with E-state index in [9.17, 15) is 0 Å². The molecule has 2 heterocycles. The molecule has 19 heavy (non-hydrogen) atoms. The van der Waals surface area contributed by atoms with Crippen molar-refractivity contribution >= 4 is 27.3 Å². The number of aliphatic hydroxyl groups is 1. The fraction of sp³-hybridized carbons (Fsp3) is 0.333. The smallest absolute Gasteiger partial charge is 0.241 e. The molecular weight excluding hydrogens is 330 g/mol. The highest BCUT2D eigenvalue weighted by atomic mass is 79.9. The van der Waals surface area contributed by atoms with Crippen molar-refractivity contribution in [3.8, 4) is 10.7 Å². The first-order chi connectivity index (χ1) is 9.22. The van der Waals surface area contributed by atoms with Crippen molar-refractivity contribution in [1.82, 2.24) is 15.0 Å². The lowest BCUT2D eigenvalue weighted by Crippen LogP contribution is -2.26. The van der Waals surface area contributed by atoms with Crippen LogP contribution in [0.15, 0.2) is 33.1 Å². The van der Waals surface area contributed by atoms with Crippen molar-refractivity contribution in [3.63, 3.8) is 0 Å². The molecule has 0 aliphatic heterocycles. The summed E-state index contributed by atoms with van der Waals surface area (Å²) in [4.78, 5) is 7.29. The van der Waals surface area contributed by atoms with Crippen molar-refractivity contribution < 1.29 is 9.63 Å². The van der Waals surface area contributed by atoms with Gasteiger partial charge in [0.15, 0.2) is 0 Å². The standard InChI is InChI=1S/C12H14BrN3O2S/c1-2-3-16(4-5-17)7-11-14-12(15-18-11)10-6-9(13)8-19-10/h2,6,8,17H,1,3-5,7H2. The van der Waals surface area contributed by atoms with Crippen LogP contribution in [0.5, 0.6) is 0 Å². The van der Waals surface area contributed by atoms with Crippen LogP contribution in [0.3, 0.4) is 0 Å². The Balaban J connectivity index is 2.05. The van der Waals surface area contributed by atoms with E-state index in [0.29, 0.717) is 31.3 Å². The monoisotopic (exact) mass is 343 g/mol. The topological polar surface area (TPSA) is 62.4 Å². The van der Waals surface area contributed by atoms with Gasteiger partial charge in [-0.3, -0.25) is 4.90 Å². The minimum Gasteiger partial charge on any atom is -0.395 e. The van der Waals surface area contributed by atoms with Crippen molar-refractivity contribution in [2.24, 2.45) is 0 Å². The Bertz CT molecular complexity index is 541. The molecule has 0 atom stereocenters. The number of halogens is 1. The molecule has 0 saturated heterocycles. The van der Waals surface area contributed by atoms with Gasteiger partial charge >= 0.3 is 0 Å². The summed E-state index contributed by atoms with van der Waals surface area (Å²) < 4.78 is 6.23. The van der Waals surface area contributed by atoms with Gasteiger partial charge in [-0.2, -0.15) is 4.98 Å². The molecule has 0 aliphatic rings. The van der Waals surface area contributed by atoms with E-state index in [4.69, 9.17) is 9.63 Å². The Morgan fingerprint density at radius 1 is 1.58 bits per heavy atom. The normalized spacial score (nSPS) is 11.1. The lowest BCUT2D eigenvalue weighted by molar-refractivity contribution is 0.186. The predicted molar refractivity (Wildman–Crippen MR) is 77.9 cm³/mol. The van der Waals surface area contributed by atoms with Crippen LogP contribution < -0.4 is 0 Å². The SMILES string of the molecule is C=CCN(CCO)Cc1nc(-c2cc(Br)cs2)no1. The first kappa shape index (κ1) is 14.4. The maximum atomic E-state index is 8.98. The number of hydrogen-bond donors (Lipinski definition) is 1. The zero-order valence-corrected chi connectivity index (χ0v) is 12.7. The van der Waals surface area contributed by atoms with E-state index in [1.807, 2.05) is 16.3 Å². The second kappa shape index (κ2) is 6.95. The second-order valence-corrected chi connectivity index (χ2v) is 5.72. The average molecular weight is 344 g/mol. The van der Waals surface area contributed by atoms with Gasteiger partial charge in [-0.25, -0.2) is 0 Å². The molecule has 0 unspecified atom stereocenters. The third kappa shape index (κ3) is 3.97. The molecule has 0 radical (unpaired) electrons. The summed E-state index contributed by atoms with van der Waals surface area (Å²) in [5.41, 5.74) is 0. The van der Waals surface area contributed by atoms with E-state index in [2.05, 4.69) is 32.6 Å². The van der Waals surface area contributed by atoms with Crippen molar-refractivity contribution in [2.75, 3.05) is 19.7 Å². The Hall–Kier alpha value is -1.02. The summed E-state index contributed by atoms with van der Waals surface area (Å²) in [6, 6.07) is 1.95. The summed E-state index contributed by atoms with van der Waals surface area (Å²) in [6.07, 6.45) is 1.78. The Morgan fingerprint density at radius 2 is 2.42 bits per heavy atom. The molecule has 0 bridgehead atoms. The van der Waals surface area contributed by atoms with Crippen LogP contribution in [-0.2, 0) is 6.54 Å². The molecule has 7 heteroatoms. The first-order valence-corrected chi connectivity index (χ1v) is 7.41. The number of aromatic nitrogens is 2. The molecule has 0 spiro atoms. The summed E-state index contributed by atoms with van der Waals surface area (Å²) in [6.45, 7) is 5.50. The third-order valence-electron chi connectivity index (χ3n) is 2.42. The third-order valence-corrected chi connectivity index (χ3v) is 4.11. The van der Waals surface area contributed by atoms with Gasteiger partial charge < -0.3 is 9.63 Å². The van der Waals surface area contributed by atoms with Gasteiger partial charge in [-0.05, 0) is 22.0 Å². The maximum Gasteiger partial charge on any atom is 0.241 e. The van der Waals surface area contributed by atoms with Gasteiger partial charge in [-0.1, -0.05) is 11.2 Å². The molecule has 2 aromatic rings. The van der Waals surface area contributed by atoms with Crippen LogP contribution in [0.2, 0.25) is 0 Å². The van der Waals surface area contributed by atoms with E-state index in [-0.39, 0.29) is 6.61 Å². The highest BCUT2D eigenvalue weighted by Gasteiger charge is 2.13. The van der Waals surface area contributed by atoms with Crippen molar-refractivity contribution in [2.45, 2.75) is 6.54 Å². The molecule has 0 amide bonds. The molecule has 2 aromatic heterocycles. The van der Waals surface area contributed by atoms with Gasteiger partial charge in [0, 0.05) is 22.9 Å². The van der Waals surface area contributed by atoms with Gasteiger partial charge in [0.2, 0.25) is 11.7 Å². The van der Waals surface area contributed by atoms with E-state index in [0.717, 1.165) is 9.35 Å². The van der Waals surface area contributed by atoms with Crippen molar-refractivity contribution in [3.05, 3.63) is 34.5 Å². The molecule has 0 aromatic carbocycles. The highest BCUT2D eigenvalue weighted by molar-refractivity contribution is 9.10. The highest BCUT2D eigenvalue weighted by Crippen LogP contribution is 2.27. The fourth-order valence-corrected chi connectivity index (χ4v) is 2.95. The second-order valence-electron chi connectivity index (χ2n) is 3.89. The number of rotatable bonds is 7. The zero-order valence-electron chi connectivity index (χ0n) is 10.3. The van der Waals surface area contributed by atoms with Crippen LogP contribution in [0.1, 0.15) is 5.89 Å². The lowest BCUT2D eigenvalue weighted by Gasteiger charge is -2.16. The lowest BCUT2D eigenvalue weighted by atomic mass is 10.4. The van der Waals surface area contributed by atoms with Gasteiger partial charge in [-0.15, -0.1) is 17.9 Å². The van der Waals surface area contributed by atoms with E-state index in [1.165, 1.54) is 0 Å². The molecule has 102 valence electrons. The Labute approximate surface area is 123 Å². The summed E-state index contributed by atoms with van der Waals surface area (Å²) >= 11 is 4.95. The van der Waals surface area contributed by atoms with E-state index in [1.54, 1.807) is 17.4 Å². The first-order valence-electron chi connectivity index (χ1n) is 5.74. The molecule has 0 aliphatic carbocycles. The molecule has 1 N–H and O–H groups in total. The minimum atomic E-state index is 0.0900. The van der Waals surface area contributed by atoms with Crippen LogP contribution >= 0.6 is 27.3 Å². The summed E-state index contributed by atoms with van der Waals surface area (Å²) in [5, 5.41) is 14.9. The molecular formula is C12H14BrN3O2S. The molecule has 5 nitrogen and oxygen atoms in total. The number of thiophene rings is 1. The van der Waals surface area contributed by atoms with E-state index >= 15 is 0 Å². The van der Waals surface area contributed by atoms with Crippen molar-refractivity contribution in [1.29, 1.82) is 0 Å². The number of hydrogen-bond acceptors (Lipinski definition) is 6. The molecule has 0 saturated carbocycles. The zero-order chi connectivity index (χ0) is 13.7. The largest absolute Gasteiger partial charge is 0.395 e. The predicted octanol–water partition coefficient (Wildman–Crippen LogP) is 2.54. The summed E-state index contributed by atoms with van der Waals surface area (Å²) in [7, 11) is 0. The maximum absolute atomic E-state index is 8.98. The Morgan fingerprint density at radius 3 is 3.05 bits per heavy atom. The minimum absolute atomic E-state index is 0.0900. The van der Waals surface area contributed by atoms with Crippen LogP contribution in [0, 0.1) is 0 Å². The van der Waals surface area contributed by atoms with Crippen LogP contribution in [0.4, 0.5) is 0 Å². The summed E-state index contributed by atoms with van der Waals surface area (Å²) in [5.74, 6) is 1.13. The molecule has 2 rings (SSSR count). The fourth-order valence-electron chi connectivity index (χ4n) is 1.60. The number of nitrogens with zero attached hydrogens (tertiary/aromatic N) is 3. The van der Waals surface area contributed by atoms with E-state index < -0.39 is 0 Å². The quantitative estimate of drug-likeness (QED) is 0.782. The van der Waals surface area contributed by atoms with Crippen LogP contribution in [-0.4, -0.2) is 39.8 Å². The van der Waals surface area contributed by atoms with Gasteiger partial charge in [0.1, 0.15) is 0 Å². The van der Waals surface area contributed by atoms with Gasteiger partial charge in [0.05, 0.1) is 18.0 Å². The Kier molecular flexibility index (Phi) is 5.26. The average Bonchev–Trinajstić information content (AvgIpc) is 2.99. The number of aliphatic hydroxyl groups excluding tert-OH is 1. The molecule has 0 fully saturated rings.